The van der Waals surface area contributed by atoms with Gasteiger partial charge in [-0.1, -0.05) is 137 Å². The van der Waals surface area contributed by atoms with Crippen LogP contribution in [0, 0.1) is 0 Å². The van der Waals surface area contributed by atoms with Crippen molar-refractivity contribution in [2.75, 3.05) is 19.6 Å². The van der Waals surface area contributed by atoms with Gasteiger partial charge >= 0.3 is 0 Å². The van der Waals surface area contributed by atoms with Gasteiger partial charge in [0.1, 0.15) is 0 Å². The average Bonchev–Trinajstić information content (AvgIpc) is 3.74. The minimum Gasteiger partial charge on any atom is -0.291 e. The number of hydrogen-bond donors (Lipinski definition) is 0. The van der Waals surface area contributed by atoms with Gasteiger partial charge in [0.2, 0.25) is 0 Å². The second-order valence-corrected chi connectivity index (χ2v) is 24.5. The summed E-state index contributed by atoms with van der Waals surface area (Å²) >= 11 is 0. The summed E-state index contributed by atoms with van der Waals surface area (Å²) in [4.78, 5) is 29.9. The zero-order chi connectivity index (χ0) is 48.1. The molecule has 0 bridgehead atoms. The van der Waals surface area contributed by atoms with Crippen LogP contribution >= 0.6 is 0 Å². The summed E-state index contributed by atoms with van der Waals surface area (Å²) in [7, 11) is 0. The van der Waals surface area contributed by atoms with Crippen molar-refractivity contribution in [2.45, 2.75) is 157 Å². The van der Waals surface area contributed by atoms with E-state index in [-0.39, 0.29) is 32.5 Å². The first-order valence-electron chi connectivity index (χ1n) is 23.6. The molecule has 0 amide bonds. The van der Waals surface area contributed by atoms with Gasteiger partial charge in [0.15, 0.2) is 11.6 Å². The molecular formula is C58H72N8. The monoisotopic (exact) mass is 881 g/mol. The standard InChI is InChI=1S/C58H72N8/c1-53(2,3)37-19-21-43-45(31-37)65(41-25-29-61-49(35-41)57(13,14)15)51(63(43)39-23-27-59-47(33-39)55(7,8)9)52-64(40-24-28-60-48(34-40)56(10,11)12)44-22-20-38(54(4,5)6)32-46(44)66(52)42-26-30-62-50(36-42)58(16,17)18/h19-36H,1-18H3/b52-51+. The van der Waals surface area contributed by atoms with Crippen molar-refractivity contribution in [3.8, 4) is 0 Å². The Bertz CT molecular complexity index is 2650. The van der Waals surface area contributed by atoms with Crippen molar-refractivity contribution in [1.82, 2.24) is 19.9 Å². The maximum atomic E-state index is 4.99. The largest absolute Gasteiger partial charge is 0.291 e. The Morgan fingerprint density at radius 1 is 0.273 bits per heavy atom. The van der Waals surface area contributed by atoms with E-state index in [4.69, 9.17) is 19.9 Å². The smallest absolute Gasteiger partial charge is 0.166 e. The normalized spacial score (nSPS) is 16.0. The van der Waals surface area contributed by atoms with Gasteiger partial charge < -0.3 is 0 Å². The number of rotatable bonds is 4. The summed E-state index contributed by atoms with van der Waals surface area (Å²) in [6, 6.07) is 31.9. The Morgan fingerprint density at radius 3 is 0.742 bits per heavy atom. The average molecular weight is 881 g/mol. The number of hydrogen-bond acceptors (Lipinski definition) is 8. The number of aromatic nitrogens is 4. The quantitative estimate of drug-likeness (QED) is 0.173. The van der Waals surface area contributed by atoms with Crippen LogP contribution in [0.3, 0.4) is 0 Å². The molecule has 66 heavy (non-hydrogen) atoms. The molecule has 6 aromatic rings. The van der Waals surface area contributed by atoms with E-state index < -0.39 is 0 Å². The molecule has 6 heterocycles. The van der Waals surface area contributed by atoms with E-state index in [1.165, 1.54) is 11.1 Å². The lowest BCUT2D eigenvalue weighted by Crippen LogP contribution is -2.34. The molecule has 0 N–H and O–H groups in total. The highest BCUT2D eigenvalue weighted by Crippen LogP contribution is 2.58. The summed E-state index contributed by atoms with van der Waals surface area (Å²) in [5.74, 6) is 1.95. The van der Waals surface area contributed by atoms with Gasteiger partial charge in [0.25, 0.3) is 0 Å². The molecule has 2 aromatic carbocycles. The van der Waals surface area contributed by atoms with Crippen LogP contribution in [-0.2, 0) is 32.5 Å². The molecule has 8 heteroatoms. The highest BCUT2D eigenvalue weighted by atomic mass is 15.5. The molecule has 0 saturated carbocycles. The lowest BCUT2D eigenvalue weighted by atomic mass is 9.86. The lowest BCUT2D eigenvalue weighted by Gasteiger charge is -2.35. The molecule has 0 atom stereocenters. The van der Waals surface area contributed by atoms with Crippen LogP contribution < -0.4 is 19.6 Å². The summed E-state index contributed by atoms with van der Waals surface area (Å²) in [6.07, 6.45) is 7.90. The molecule has 0 spiro atoms. The van der Waals surface area contributed by atoms with Crippen molar-refractivity contribution in [3.05, 3.63) is 155 Å². The highest BCUT2D eigenvalue weighted by Gasteiger charge is 2.46. The summed E-state index contributed by atoms with van der Waals surface area (Å²) in [5.41, 5.74) is 14.0. The summed E-state index contributed by atoms with van der Waals surface area (Å²) in [6.45, 7) is 40.6. The van der Waals surface area contributed by atoms with Crippen LogP contribution in [0.25, 0.3) is 0 Å². The van der Waals surface area contributed by atoms with Crippen molar-refractivity contribution >= 4 is 45.5 Å². The van der Waals surface area contributed by atoms with Gasteiger partial charge in [-0.05, 0) is 94.8 Å². The SMILES string of the molecule is CC(C)(C)c1ccc2c(c1)N(c1ccnc(C(C)(C)C)c1)/C(=C1\N(c3ccnc(C(C)(C)C)c3)c3ccc(C(C)(C)C)cc3N1c1ccnc(C(C)(C)C)c1)N2c1ccnc(C(C)(C)C)c1. The van der Waals surface area contributed by atoms with Gasteiger partial charge in [0.05, 0.1) is 45.5 Å². The first kappa shape index (κ1) is 46.5. The summed E-state index contributed by atoms with van der Waals surface area (Å²) < 4.78 is 0. The Kier molecular flexibility index (Phi) is 11.1. The molecule has 4 aromatic heterocycles. The van der Waals surface area contributed by atoms with E-state index in [1.807, 2.05) is 24.8 Å². The number of nitrogens with zero attached hydrogens (tertiary/aromatic N) is 8. The molecule has 0 unspecified atom stereocenters. The fraction of sp³-hybridized carbons (Fsp3) is 0.414. The van der Waals surface area contributed by atoms with Crippen molar-refractivity contribution < 1.29 is 0 Å². The molecule has 0 fully saturated rings. The van der Waals surface area contributed by atoms with E-state index in [1.54, 1.807) is 0 Å². The first-order chi connectivity index (χ1) is 30.5. The zero-order valence-electron chi connectivity index (χ0n) is 43.0. The van der Waals surface area contributed by atoms with Crippen molar-refractivity contribution in [1.29, 1.82) is 0 Å². The van der Waals surface area contributed by atoms with E-state index in [9.17, 15) is 0 Å². The van der Waals surface area contributed by atoms with Crippen molar-refractivity contribution in [2.24, 2.45) is 0 Å². The van der Waals surface area contributed by atoms with E-state index >= 15 is 0 Å². The van der Waals surface area contributed by atoms with Crippen LogP contribution in [0.2, 0.25) is 0 Å². The maximum absolute atomic E-state index is 4.99. The second-order valence-electron chi connectivity index (χ2n) is 24.5. The van der Waals surface area contributed by atoms with Crippen LogP contribution in [0.1, 0.15) is 159 Å². The third-order valence-electron chi connectivity index (χ3n) is 12.8. The predicted octanol–water partition coefficient (Wildman–Crippen LogP) is 15.5. The molecule has 8 rings (SSSR count). The Balaban J connectivity index is 1.62. The third kappa shape index (κ3) is 8.60. The molecule has 2 aliphatic heterocycles. The topological polar surface area (TPSA) is 64.5 Å². The van der Waals surface area contributed by atoms with Crippen molar-refractivity contribution in [3.63, 3.8) is 0 Å². The van der Waals surface area contributed by atoms with Crippen LogP contribution in [0.4, 0.5) is 45.5 Å². The molecular weight excluding hydrogens is 809 g/mol. The molecule has 0 radical (unpaired) electrons. The Labute approximate surface area is 395 Å². The highest BCUT2D eigenvalue weighted by molar-refractivity contribution is 6.00. The Morgan fingerprint density at radius 2 is 0.515 bits per heavy atom. The molecule has 0 saturated heterocycles. The minimum absolute atomic E-state index is 0.113. The molecule has 344 valence electrons. The second kappa shape index (κ2) is 15.8. The van der Waals surface area contributed by atoms with Gasteiger partial charge in [-0.3, -0.25) is 39.5 Å². The van der Waals surface area contributed by atoms with E-state index in [2.05, 4.69) is 229 Å². The fourth-order valence-corrected chi connectivity index (χ4v) is 8.69. The van der Waals surface area contributed by atoms with Gasteiger partial charge in [0, 0.05) is 69.2 Å². The van der Waals surface area contributed by atoms with Gasteiger partial charge in [-0.15, -0.1) is 0 Å². The number of pyridine rings is 4. The number of fused-ring (bicyclic) bond motifs is 2. The van der Waals surface area contributed by atoms with Crippen LogP contribution in [0.5, 0.6) is 0 Å². The maximum Gasteiger partial charge on any atom is 0.166 e. The number of benzene rings is 2. The lowest BCUT2D eigenvalue weighted by molar-refractivity contribution is 0.568. The zero-order valence-corrected chi connectivity index (χ0v) is 43.0. The van der Waals surface area contributed by atoms with Crippen LogP contribution in [0.15, 0.2) is 121 Å². The fourth-order valence-electron chi connectivity index (χ4n) is 8.69. The summed E-state index contributed by atoms with van der Waals surface area (Å²) in [5, 5.41) is 0. The van der Waals surface area contributed by atoms with Gasteiger partial charge in [-0.2, -0.15) is 0 Å². The first-order valence-corrected chi connectivity index (χ1v) is 23.6. The van der Waals surface area contributed by atoms with E-state index in [0.717, 1.165) is 79.9 Å². The number of anilines is 8. The Hall–Kier alpha value is -6.02. The van der Waals surface area contributed by atoms with Gasteiger partial charge in [-0.25, -0.2) is 0 Å². The molecule has 8 nitrogen and oxygen atoms in total. The minimum atomic E-state index is -0.197. The predicted molar refractivity (Wildman–Crippen MR) is 278 cm³/mol. The van der Waals surface area contributed by atoms with Crippen LogP contribution in [-0.4, -0.2) is 19.9 Å². The third-order valence-corrected chi connectivity index (χ3v) is 12.8. The van der Waals surface area contributed by atoms with E-state index in [0.29, 0.717) is 0 Å². The molecule has 0 aliphatic carbocycles. The molecule has 2 aliphatic rings.